The van der Waals surface area contributed by atoms with Crippen LogP contribution in [0, 0.1) is 5.92 Å². The number of hydrogen-bond donors (Lipinski definition) is 2. The van der Waals surface area contributed by atoms with Gasteiger partial charge in [0.05, 0.1) is 6.61 Å². The van der Waals surface area contributed by atoms with Crippen LogP contribution in [-0.2, 0) is 9.53 Å². The normalized spacial score (nSPS) is 16.1. The molecule has 0 spiro atoms. The fourth-order valence-electron chi connectivity index (χ4n) is 2.00. The number of anilines is 1. The Bertz CT molecular complexity index is 398. The van der Waals surface area contributed by atoms with Crippen molar-refractivity contribution >= 4 is 11.6 Å². The Morgan fingerprint density at radius 2 is 2.00 bits per heavy atom. The average molecular weight is 265 g/mol. The van der Waals surface area contributed by atoms with Crippen molar-refractivity contribution in [3.05, 3.63) is 24.3 Å². The SMILES string of the molecule is O=C(Nc1ccc(OCCO)cc1)C1CCOCC1. The number of hydrogen-bond acceptors (Lipinski definition) is 4. The highest BCUT2D eigenvalue weighted by Gasteiger charge is 2.21. The van der Waals surface area contributed by atoms with Crippen LogP contribution in [0.25, 0.3) is 0 Å². The molecule has 19 heavy (non-hydrogen) atoms. The molecule has 1 aliphatic rings. The molecule has 0 aliphatic carbocycles. The Labute approximate surface area is 112 Å². The van der Waals surface area contributed by atoms with Gasteiger partial charge in [0.25, 0.3) is 0 Å². The van der Waals surface area contributed by atoms with Gasteiger partial charge in [-0.2, -0.15) is 0 Å². The van der Waals surface area contributed by atoms with Crippen LogP contribution in [-0.4, -0.2) is 37.4 Å². The van der Waals surface area contributed by atoms with Crippen molar-refractivity contribution in [3.63, 3.8) is 0 Å². The van der Waals surface area contributed by atoms with Crippen LogP contribution in [0.1, 0.15) is 12.8 Å². The minimum absolute atomic E-state index is 0.0117. The predicted octanol–water partition coefficient (Wildman–Crippen LogP) is 1.42. The fraction of sp³-hybridized carbons (Fsp3) is 0.500. The monoisotopic (exact) mass is 265 g/mol. The van der Waals surface area contributed by atoms with Gasteiger partial charge in [0.15, 0.2) is 0 Å². The van der Waals surface area contributed by atoms with Crippen LogP contribution in [0.15, 0.2) is 24.3 Å². The van der Waals surface area contributed by atoms with Crippen LogP contribution in [0.5, 0.6) is 5.75 Å². The highest BCUT2D eigenvalue weighted by molar-refractivity contribution is 5.92. The number of aliphatic hydroxyl groups is 1. The summed E-state index contributed by atoms with van der Waals surface area (Å²) < 4.78 is 10.5. The molecule has 1 saturated heterocycles. The third-order valence-corrected chi connectivity index (χ3v) is 3.07. The largest absolute Gasteiger partial charge is 0.491 e. The zero-order valence-electron chi connectivity index (χ0n) is 10.8. The molecule has 0 unspecified atom stereocenters. The molecule has 0 aromatic heterocycles. The Morgan fingerprint density at radius 3 is 2.63 bits per heavy atom. The molecule has 0 radical (unpaired) electrons. The number of benzene rings is 1. The van der Waals surface area contributed by atoms with Gasteiger partial charge in [0, 0.05) is 24.8 Å². The summed E-state index contributed by atoms with van der Waals surface area (Å²) in [6, 6.07) is 7.14. The van der Waals surface area contributed by atoms with Gasteiger partial charge in [-0.3, -0.25) is 4.79 Å². The van der Waals surface area contributed by atoms with Gasteiger partial charge >= 0.3 is 0 Å². The Kier molecular flexibility index (Phi) is 5.18. The molecule has 0 bridgehead atoms. The molecular formula is C14H19NO4. The van der Waals surface area contributed by atoms with Crippen molar-refractivity contribution in [2.45, 2.75) is 12.8 Å². The molecule has 0 atom stereocenters. The molecular weight excluding hydrogens is 246 g/mol. The molecule has 5 heteroatoms. The Morgan fingerprint density at radius 1 is 1.32 bits per heavy atom. The standard InChI is InChI=1S/C14H19NO4/c16-7-10-19-13-3-1-12(2-4-13)15-14(17)11-5-8-18-9-6-11/h1-4,11,16H,5-10H2,(H,15,17). The van der Waals surface area contributed by atoms with Crippen molar-refractivity contribution in [3.8, 4) is 5.75 Å². The maximum Gasteiger partial charge on any atom is 0.227 e. The molecule has 2 rings (SSSR count). The summed E-state index contributed by atoms with van der Waals surface area (Å²) in [5.74, 6) is 0.768. The lowest BCUT2D eigenvalue weighted by atomic mass is 9.99. The number of carbonyl (C=O) groups is 1. The van der Waals surface area contributed by atoms with E-state index in [0.717, 1.165) is 18.5 Å². The van der Waals surface area contributed by atoms with E-state index in [1.807, 2.05) is 0 Å². The van der Waals surface area contributed by atoms with Gasteiger partial charge in [0.1, 0.15) is 12.4 Å². The van der Waals surface area contributed by atoms with Gasteiger partial charge in [-0.1, -0.05) is 0 Å². The molecule has 0 saturated carbocycles. The first-order valence-electron chi connectivity index (χ1n) is 6.52. The highest BCUT2D eigenvalue weighted by atomic mass is 16.5. The Hall–Kier alpha value is -1.59. The molecule has 1 aromatic rings. The zero-order valence-corrected chi connectivity index (χ0v) is 10.8. The van der Waals surface area contributed by atoms with Crippen LogP contribution in [0.3, 0.4) is 0 Å². The number of aliphatic hydroxyl groups excluding tert-OH is 1. The number of rotatable bonds is 5. The van der Waals surface area contributed by atoms with E-state index in [-0.39, 0.29) is 25.0 Å². The molecule has 1 heterocycles. The molecule has 5 nitrogen and oxygen atoms in total. The molecule has 1 amide bonds. The van der Waals surface area contributed by atoms with Crippen molar-refractivity contribution in [2.75, 3.05) is 31.7 Å². The average Bonchev–Trinajstić information content (AvgIpc) is 2.47. The maximum atomic E-state index is 12.0. The van der Waals surface area contributed by atoms with E-state index in [1.165, 1.54) is 0 Å². The van der Waals surface area contributed by atoms with E-state index in [0.29, 0.717) is 19.0 Å². The summed E-state index contributed by atoms with van der Waals surface area (Å²) in [6.07, 6.45) is 1.56. The second-order valence-corrected chi connectivity index (χ2v) is 4.47. The van der Waals surface area contributed by atoms with Crippen molar-refractivity contribution in [1.82, 2.24) is 0 Å². The second kappa shape index (κ2) is 7.11. The fourth-order valence-corrected chi connectivity index (χ4v) is 2.00. The lowest BCUT2D eigenvalue weighted by Gasteiger charge is -2.21. The number of carbonyl (C=O) groups excluding carboxylic acids is 1. The minimum Gasteiger partial charge on any atom is -0.491 e. The van der Waals surface area contributed by atoms with Crippen molar-refractivity contribution in [2.24, 2.45) is 5.92 Å². The smallest absolute Gasteiger partial charge is 0.227 e. The van der Waals surface area contributed by atoms with E-state index in [4.69, 9.17) is 14.6 Å². The summed E-state index contributed by atoms with van der Waals surface area (Å²) >= 11 is 0. The summed E-state index contributed by atoms with van der Waals surface area (Å²) in [4.78, 5) is 12.0. The lowest BCUT2D eigenvalue weighted by molar-refractivity contribution is -0.122. The van der Waals surface area contributed by atoms with Crippen LogP contribution < -0.4 is 10.1 Å². The van der Waals surface area contributed by atoms with Gasteiger partial charge in [0.2, 0.25) is 5.91 Å². The van der Waals surface area contributed by atoms with E-state index >= 15 is 0 Å². The third kappa shape index (κ3) is 4.22. The number of ether oxygens (including phenoxy) is 2. The molecule has 1 aromatic carbocycles. The van der Waals surface area contributed by atoms with Crippen LogP contribution in [0.2, 0.25) is 0 Å². The zero-order chi connectivity index (χ0) is 13.5. The first kappa shape index (κ1) is 13.8. The van der Waals surface area contributed by atoms with E-state index in [9.17, 15) is 4.79 Å². The summed E-state index contributed by atoms with van der Waals surface area (Å²) in [5, 5.41) is 11.5. The van der Waals surface area contributed by atoms with Gasteiger partial charge in [-0.05, 0) is 37.1 Å². The number of amides is 1. The minimum atomic E-state index is -0.0117. The Balaban J connectivity index is 1.86. The van der Waals surface area contributed by atoms with Crippen LogP contribution in [0.4, 0.5) is 5.69 Å². The second-order valence-electron chi connectivity index (χ2n) is 4.47. The third-order valence-electron chi connectivity index (χ3n) is 3.07. The molecule has 2 N–H and O–H groups in total. The molecule has 1 fully saturated rings. The van der Waals surface area contributed by atoms with Crippen molar-refractivity contribution in [1.29, 1.82) is 0 Å². The van der Waals surface area contributed by atoms with E-state index < -0.39 is 0 Å². The van der Waals surface area contributed by atoms with E-state index in [1.54, 1.807) is 24.3 Å². The first-order chi connectivity index (χ1) is 9.29. The summed E-state index contributed by atoms with van der Waals surface area (Å²) in [6.45, 7) is 1.58. The number of nitrogens with one attached hydrogen (secondary N) is 1. The quantitative estimate of drug-likeness (QED) is 0.845. The summed E-state index contributed by atoms with van der Waals surface area (Å²) in [7, 11) is 0. The van der Waals surface area contributed by atoms with Gasteiger partial charge in [-0.25, -0.2) is 0 Å². The lowest BCUT2D eigenvalue weighted by Crippen LogP contribution is -2.28. The maximum absolute atomic E-state index is 12.0. The van der Waals surface area contributed by atoms with Gasteiger partial charge < -0.3 is 19.9 Å². The van der Waals surface area contributed by atoms with Crippen LogP contribution >= 0.6 is 0 Å². The highest BCUT2D eigenvalue weighted by Crippen LogP contribution is 2.19. The predicted molar refractivity (Wildman–Crippen MR) is 71.2 cm³/mol. The first-order valence-corrected chi connectivity index (χ1v) is 6.52. The van der Waals surface area contributed by atoms with Gasteiger partial charge in [-0.15, -0.1) is 0 Å². The van der Waals surface area contributed by atoms with Crippen molar-refractivity contribution < 1.29 is 19.4 Å². The summed E-state index contributed by atoms with van der Waals surface area (Å²) in [5.41, 5.74) is 0.757. The topological polar surface area (TPSA) is 67.8 Å². The van der Waals surface area contributed by atoms with E-state index in [2.05, 4.69) is 5.32 Å². The molecule has 1 aliphatic heterocycles. The molecule has 104 valence electrons.